The molecule has 2 nitrogen and oxygen atoms in total. The van der Waals surface area contributed by atoms with Crippen molar-refractivity contribution in [1.29, 1.82) is 0 Å². The molecule has 0 aromatic rings. The van der Waals surface area contributed by atoms with Crippen LogP contribution in [-0.2, 0) is 4.74 Å². The Hall–Kier alpha value is -0.0500. The summed E-state index contributed by atoms with van der Waals surface area (Å²) in [5.41, 5.74) is 0. The van der Waals surface area contributed by atoms with E-state index in [1.807, 2.05) is 0 Å². The van der Waals surface area contributed by atoms with Gasteiger partial charge < -0.3 is 4.74 Å². The summed E-state index contributed by atoms with van der Waals surface area (Å²) < 4.78 is 4.71. The molecule has 0 fully saturated rings. The largest absolute Gasteiger partial charge is 0.470 e. The van der Waals surface area contributed by atoms with E-state index in [0.29, 0.717) is 11.4 Å². The average Bonchev–Trinajstić information content (AvgIpc) is 1.86. The van der Waals surface area contributed by atoms with Crippen LogP contribution in [0.25, 0.3) is 0 Å². The van der Waals surface area contributed by atoms with Crippen LogP contribution in [0, 0.1) is 6.54 Å². The number of ether oxygens (including phenoxy) is 1. The lowest BCUT2D eigenvalue weighted by atomic mass is 10.8. The minimum atomic E-state index is 0.487. The number of nitrogens with zero attached hydrogens (tertiary/aromatic N) is 1. The maximum atomic E-state index is 4.71. The molecule has 0 aliphatic carbocycles. The van der Waals surface area contributed by atoms with Crippen molar-refractivity contribution in [3.05, 3.63) is 6.54 Å². The van der Waals surface area contributed by atoms with Crippen molar-refractivity contribution in [3.63, 3.8) is 0 Å². The second-order valence-electron chi connectivity index (χ2n) is 0.812. The quantitative estimate of drug-likeness (QED) is 0.497. The van der Waals surface area contributed by atoms with E-state index in [-0.39, 0.29) is 0 Å². The summed E-state index contributed by atoms with van der Waals surface area (Å²) in [6.07, 6.45) is 0. The second-order valence-corrected chi connectivity index (χ2v) is 1.49. The molecule has 3 heteroatoms. The molecule has 0 amide bonds. The summed E-state index contributed by atoms with van der Waals surface area (Å²) in [6, 6.07) is 0. The van der Waals surface area contributed by atoms with Gasteiger partial charge in [0.1, 0.15) is 6.61 Å². The molecule has 1 aliphatic heterocycles. The summed E-state index contributed by atoms with van der Waals surface area (Å²) >= 11 is 3.00. The molecular weight excluding hydrogens is 146 g/mol. The second kappa shape index (κ2) is 1.60. The van der Waals surface area contributed by atoms with Crippen molar-refractivity contribution in [1.82, 2.24) is 0 Å². The SMILES string of the molecule is BrC1=N[C]CO1. The maximum Gasteiger partial charge on any atom is 0.255 e. The lowest BCUT2D eigenvalue weighted by molar-refractivity contribution is 0.372. The molecule has 0 saturated heterocycles. The summed E-state index contributed by atoms with van der Waals surface area (Å²) in [7, 11) is 0. The van der Waals surface area contributed by atoms with Crippen molar-refractivity contribution in [2.45, 2.75) is 0 Å². The van der Waals surface area contributed by atoms with Crippen LogP contribution in [0.3, 0.4) is 0 Å². The van der Waals surface area contributed by atoms with Crippen molar-refractivity contribution >= 4 is 20.7 Å². The van der Waals surface area contributed by atoms with Gasteiger partial charge in [0.05, 0.1) is 0 Å². The molecule has 2 radical (unpaired) electrons. The highest BCUT2D eigenvalue weighted by Crippen LogP contribution is 2.01. The van der Waals surface area contributed by atoms with Gasteiger partial charge in [0.25, 0.3) is 4.81 Å². The standard InChI is InChI=1S/C3H2BrNO/c4-3-5-1-2-6-3/h2H2. The summed E-state index contributed by atoms with van der Waals surface area (Å²) in [4.78, 5) is 4.13. The molecule has 32 valence electrons. The molecule has 0 saturated carbocycles. The van der Waals surface area contributed by atoms with Gasteiger partial charge in [-0.15, -0.1) is 0 Å². The highest BCUT2D eigenvalue weighted by Gasteiger charge is 2.00. The van der Waals surface area contributed by atoms with E-state index in [9.17, 15) is 0 Å². The Morgan fingerprint density at radius 2 is 2.83 bits per heavy atom. The highest BCUT2D eigenvalue weighted by atomic mass is 79.9. The van der Waals surface area contributed by atoms with E-state index in [4.69, 9.17) is 4.74 Å². The Balaban J connectivity index is 2.45. The predicted molar refractivity (Wildman–Crippen MR) is 25.6 cm³/mol. The Bertz CT molecular complexity index is 80.9. The topological polar surface area (TPSA) is 21.6 Å². The molecule has 0 aromatic carbocycles. The van der Waals surface area contributed by atoms with E-state index < -0.39 is 0 Å². The van der Waals surface area contributed by atoms with Crippen molar-refractivity contribution in [2.75, 3.05) is 6.61 Å². The minimum absolute atomic E-state index is 0.487. The molecule has 0 aromatic heterocycles. The first-order valence-electron chi connectivity index (χ1n) is 1.48. The van der Waals surface area contributed by atoms with Crippen LogP contribution < -0.4 is 0 Å². The van der Waals surface area contributed by atoms with Gasteiger partial charge in [-0.1, -0.05) is 0 Å². The van der Waals surface area contributed by atoms with Gasteiger partial charge in [-0.25, -0.2) is 4.99 Å². The van der Waals surface area contributed by atoms with Crippen molar-refractivity contribution < 1.29 is 4.74 Å². The third-order valence-electron chi connectivity index (χ3n) is 0.423. The summed E-state index contributed by atoms with van der Waals surface area (Å²) in [5.74, 6) is 0. The molecule has 1 aliphatic rings. The maximum absolute atomic E-state index is 4.71. The molecule has 1 heterocycles. The molecule has 1 rings (SSSR count). The van der Waals surface area contributed by atoms with Crippen molar-refractivity contribution in [2.24, 2.45) is 4.99 Å². The number of rotatable bonds is 0. The van der Waals surface area contributed by atoms with Gasteiger partial charge in [0, 0.05) is 15.9 Å². The van der Waals surface area contributed by atoms with Gasteiger partial charge in [0.2, 0.25) is 0 Å². The predicted octanol–water partition coefficient (Wildman–Crippen LogP) is 0.806. The molecule has 0 spiro atoms. The summed E-state index contributed by atoms with van der Waals surface area (Å²) in [6.45, 7) is 3.08. The third kappa shape index (κ3) is 0.712. The Morgan fingerprint density at radius 1 is 2.00 bits per heavy atom. The lowest BCUT2D eigenvalue weighted by Gasteiger charge is -1.83. The fourth-order valence-corrected chi connectivity index (χ4v) is 0.458. The number of hydrogen-bond acceptors (Lipinski definition) is 2. The normalized spacial score (nSPS) is 19.8. The molecule has 6 heavy (non-hydrogen) atoms. The van der Waals surface area contributed by atoms with Crippen LogP contribution >= 0.6 is 15.9 Å². The molecular formula is C3H2BrNO. The van der Waals surface area contributed by atoms with Gasteiger partial charge in [0.15, 0.2) is 6.54 Å². The van der Waals surface area contributed by atoms with E-state index in [1.54, 1.807) is 0 Å². The van der Waals surface area contributed by atoms with Crippen LogP contribution in [0.15, 0.2) is 4.99 Å². The number of hydrogen-bond donors (Lipinski definition) is 0. The molecule has 0 N–H and O–H groups in total. The highest BCUT2D eigenvalue weighted by molar-refractivity contribution is 9.18. The Kier molecular flexibility index (Phi) is 1.10. The molecule has 0 unspecified atom stereocenters. The van der Waals surface area contributed by atoms with Gasteiger partial charge in [-0.2, -0.15) is 0 Å². The first-order valence-corrected chi connectivity index (χ1v) is 2.28. The van der Waals surface area contributed by atoms with Crippen LogP contribution in [0.2, 0.25) is 0 Å². The van der Waals surface area contributed by atoms with Gasteiger partial charge >= 0.3 is 0 Å². The first kappa shape index (κ1) is 4.12. The molecule has 0 bridgehead atoms. The number of halogens is 1. The third-order valence-corrected chi connectivity index (χ3v) is 0.829. The van der Waals surface area contributed by atoms with Gasteiger partial charge in [-0.05, 0) is 0 Å². The Labute approximate surface area is 44.3 Å². The smallest absolute Gasteiger partial charge is 0.255 e. The Morgan fingerprint density at radius 3 is 3.00 bits per heavy atom. The van der Waals surface area contributed by atoms with Crippen LogP contribution in [0.1, 0.15) is 0 Å². The fourth-order valence-electron chi connectivity index (χ4n) is 0.219. The zero-order valence-electron chi connectivity index (χ0n) is 2.94. The lowest BCUT2D eigenvalue weighted by Crippen LogP contribution is -1.83. The first-order chi connectivity index (χ1) is 2.89. The zero-order valence-corrected chi connectivity index (χ0v) is 4.53. The van der Waals surface area contributed by atoms with Gasteiger partial charge in [-0.3, -0.25) is 0 Å². The molecule has 0 atom stereocenters. The monoisotopic (exact) mass is 147 g/mol. The van der Waals surface area contributed by atoms with E-state index in [0.717, 1.165) is 0 Å². The van der Waals surface area contributed by atoms with E-state index in [2.05, 4.69) is 27.5 Å². The van der Waals surface area contributed by atoms with E-state index in [1.165, 1.54) is 0 Å². The number of aliphatic imine (C=N–C) groups is 1. The minimum Gasteiger partial charge on any atom is -0.470 e. The fraction of sp³-hybridized carbons (Fsp3) is 0.333. The van der Waals surface area contributed by atoms with Crippen molar-refractivity contribution in [3.8, 4) is 0 Å². The summed E-state index contributed by atoms with van der Waals surface area (Å²) in [5, 5.41) is 0. The van der Waals surface area contributed by atoms with E-state index >= 15 is 0 Å². The van der Waals surface area contributed by atoms with Crippen LogP contribution in [0.5, 0.6) is 0 Å². The van der Waals surface area contributed by atoms with Crippen LogP contribution in [-0.4, -0.2) is 11.4 Å². The zero-order chi connectivity index (χ0) is 4.41. The van der Waals surface area contributed by atoms with Crippen LogP contribution in [0.4, 0.5) is 0 Å². The average molecular weight is 148 g/mol.